The van der Waals surface area contributed by atoms with Gasteiger partial charge in [0, 0.05) is 12.7 Å². The zero-order valence-electron chi connectivity index (χ0n) is 15.2. The molecular weight excluding hydrogens is 332 g/mol. The Morgan fingerprint density at radius 2 is 2.23 bits per heavy atom. The van der Waals surface area contributed by atoms with E-state index in [1.165, 1.54) is 6.20 Å². The van der Waals surface area contributed by atoms with Gasteiger partial charge in [0.1, 0.15) is 5.82 Å². The Morgan fingerprint density at radius 3 is 2.88 bits per heavy atom. The van der Waals surface area contributed by atoms with Crippen molar-refractivity contribution >= 4 is 23.3 Å². The lowest BCUT2D eigenvalue weighted by Gasteiger charge is -2.45. The second kappa shape index (κ2) is 6.78. The number of aryl methyl sites for hydroxylation is 1. The Labute approximate surface area is 152 Å². The van der Waals surface area contributed by atoms with Gasteiger partial charge in [0.2, 0.25) is 0 Å². The molecule has 2 aromatic rings. The van der Waals surface area contributed by atoms with E-state index in [-0.39, 0.29) is 0 Å². The second-order valence-corrected chi connectivity index (χ2v) is 7.17. The van der Waals surface area contributed by atoms with Gasteiger partial charge in [-0.1, -0.05) is 6.92 Å². The minimum atomic E-state index is -0.688. The molecule has 4 N–H and O–H groups in total. The number of hydrogen-bond acceptors (Lipinski definition) is 5. The normalized spacial score (nSPS) is 22.9. The number of carbonyl (C=O) groups excluding carboxylic acids is 2. The Bertz CT molecular complexity index is 819. The third-order valence-corrected chi connectivity index (χ3v) is 5.08. The highest BCUT2D eigenvalue weighted by atomic mass is 16.2. The van der Waals surface area contributed by atoms with Crippen LogP contribution in [0, 0.1) is 12.8 Å². The van der Waals surface area contributed by atoms with Gasteiger partial charge in [-0.25, -0.2) is 4.98 Å². The Hall–Kier alpha value is -2.90. The first-order valence-corrected chi connectivity index (χ1v) is 8.66. The number of rotatable bonds is 2. The van der Waals surface area contributed by atoms with Crippen LogP contribution in [0.3, 0.4) is 0 Å². The largest absolute Gasteiger partial charge is 0.383 e. The number of pyridine rings is 1. The summed E-state index contributed by atoms with van der Waals surface area (Å²) in [5, 5.41) is 9.68. The number of aromatic amines is 1. The molecule has 0 bridgehead atoms. The number of anilines is 2. The Balaban J connectivity index is 1.83. The average Bonchev–Trinajstić information content (AvgIpc) is 3.15. The first kappa shape index (κ1) is 17.9. The number of H-pyrrole nitrogens is 1. The van der Waals surface area contributed by atoms with Crippen LogP contribution in [-0.4, -0.2) is 38.4 Å². The molecule has 8 nitrogen and oxygen atoms in total. The zero-order chi connectivity index (χ0) is 18.9. The highest BCUT2D eigenvalue weighted by molar-refractivity contribution is 6.39. The van der Waals surface area contributed by atoms with Crippen molar-refractivity contribution in [1.82, 2.24) is 20.1 Å². The molecule has 1 fully saturated rings. The van der Waals surface area contributed by atoms with Gasteiger partial charge in [-0.05, 0) is 50.3 Å². The van der Waals surface area contributed by atoms with E-state index in [4.69, 9.17) is 5.73 Å². The minimum absolute atomic E-state index is 0.319. The maximum atomic E-state index is 12.9. The van der Waals surface area contributed by atoms with E-state index in [1.54, 1.807) is 24.1 Å². The molecule has 2 aromatic heterocycles. The van der Waals surface area contributed by atoms with Gasteiger partial charge in [0.25, 0.3) is 0 Å². The van der Waals surface area contributed by atoms with E-state index in [1.807, 2.05) is 13.0 Å². The predicted molar refractivity (Wildman–Crippen MR) is 98.1 cm³/mol. The van der Waals surface area contributed by atoms with Crippen molar-refractivity contribution < 1.29 is 9.59 Å². The lowest BCUT2D eigenvalue weighted by molar-refractivity contribution is -0.150. The van der Waals surface area contributed by atoms with Gasteiger partial charge in [0.05, 0.1) is 23.1 Å². The molecule has 1 saturated heterocycles. The van der Waals surface area contributed by atoms with Crippen molar-refractivity contribution in [2.24, 2.45) is 5.92 Å². The summed E-state index contributed by atoms with van der Waals surface area (Å²) in [5.74, 6) is -0.548. The van der Waals surface area contributed by atoms with E-state index >= 15 is 0 Å². The average molecular weight is 356 g/mol. The van der Waals surface area contributed by atoms with Crippen LogP contribution < -0.4 is 11.1 Å². The molecule has 26 heavy (non-hydrogen) atoms. The van der Waals surface area contributed by atoms with Gasteiger partial charge in [-0.3, -0.25) is 14.7 Å². The summed E-state index contributed by atoms with van der Waals surface area (Å²) in [7, 11) is 0. The number of likely N-dealkylation sites (tertiary alicyclic amines) is 1. The lowest BCUT2D eigenvalue weighted by Crippen LogP contribution is -2.55. The number of nitrogens with one attached hydrogen (secondary N) is 2. The first-order chi connectivity index (χ1) is 12.3. The number of nitrogen functional groups attached to an aromatic ring is 1. The van der Waals surface area contributed by atoms with Gasteiger partial charge < -0.3 is 16.0 Å². The van der Waals surface area contributed by atoms with Crippen molar-refractivity contribution in [2.75, 3.05) is 17.6 Å². The number of aromatic nitrogens is 3. The van der Waals surface area contributed by atoms with E-state index in [2.05, 4.69) is 27.4 Å². The van der Waals surface area contributed by atoms with E-state index in [0.717, 1.165) is 24.1 Å². The summed E-state index contributed by atoms with van der Waals surface area (Å²) in [5.41, 5.74) is 7.02. The molecule has 3 rings (SSSR count). The van der Waals surface area contributed by atoms with Gasteiger partial charge in [-0.15, -0.1) is 0 Å². The summed E-state index contributed by atoms with van der Waals surface area (Å²) >= 11 is 0. The van der Waals surface area contributed by atoms with Crippen LogP contribution in [0.25, 0.3) is 0 Å². The molecule has 2 amide bonds. The van der Waals surface area contributed by atoms with Crippen molar-refractivity contribution in [3.63, 3.8) is 0 Å². The monoisotopic (exact) mass is 356 g/mol. The maximum absolute atomic E-state index is 12.9. The molecule has 0 saturated carbocycles. The molecule has 0 spiro atoms. The van der Waals surface area contributed by atoms with Crippen LogP contribution in [0.5, 0.6) is 0 Å². The smallest absolute Gasteiger partial charge is 0.313 e. The number of carbonyl (C=O) groups is 2. The molecule has 1 aliphatic heterocycles. The standard InChI is InChI=1S/C18H24N6O2/c1-11-4-6-18(3,14-5-7-21-23-14)24(10-11)17(26)16(25)22-13-8-12(2)15(19)20-9-13/h5,7-9,11H,4,6,10H2,1-3H3,(H2,19,20)(H,21,23)(H,22,25)/t11-,18-/m0/s1. The summed E-state index contributed by atoms with van der Waals surface area (Å²) in [4.78, 5) is 31.2. The SMILES string of the molecule is Cc1cc(NC(=O)C(=O)N2C[C@@H](C)CC[C@@]2(C)c2cc[nH]n2)cnc1N. The minimum Gasteiger partial charge on any atom is -0.383 e. The number of piperidine rings is 1. The molecule has 0 unspecified atom stereocenters. The number of amides is 2. The molecule has 0 radical (unpaired) electrons. The van der Waals surface area contributed by atoms with Crippen LogP contribution in [0.15, 0.2) is 24.5 Å². The van der Waals surface area contributed by atoms with Crippen molar-refractivity contribution in [3.05, 3.63) is 35.8 Å². The lowest BCUT2D eigenvalue weighted by atomic mass is 9.81. The van der Waals surface area contributed by atoms with Crippen molar-refractivity contribution in [3.8, 4) is 0 Å². The fraction of sp³-hybridized carbons (Fsp3) is 0.444. The van der Waals surface area contributed by atoms with Gasteiger partial charge in [-0.2, -0.15) is 5.10 Å². The van der Waals surface area contributed by atoms with Crippen molar-refractivity contribution in [1.29, 1.82) is 0 Å². The zero-order valence-corrected chi connectivity index (χ0v) is 15.2. The Morgan fingerprint density at radius 1 is 1.46 bits per heavy atom. The number of nitrogens with zero attached hydrogens (tertiary/aromatic N) is 3. The van der Waals surface area contributed by atoms with Gasteiger partial charge >= 0.3 is 11.8 Å². The quantitative estimate of drug-likeness (QED) is 0.710. The van der Waals surface area contributed by atoms with Crippen LogP contribution >= 0.6 is 0 Å². The van der Waals surface area contributed by atoms with E-state index in [9.17, 15) is 9.59 Å². The number of nitrogens with two attached hydrogens (primary N) is 1. The molecule has 8 heteroatoms. The van der Waals surface area contributed by atoms with E-state index in [0.29, 0.717) is 24.0 Å². The second-order valence-electron chi connectivity index (χ2n) is 7.17. The molecule has 1 aliphatic rings. The van der Waals surface area contributed by atoms with Crippen molar-refractivity contribution in [2.45, 2.75) is 39.2 Å². The molecule has 0 aromatic carbocycles. The van der Waals surface area contributed by atoms with Gasteiger partial charge in [0.15, 0.2) is 0 Å². The van der Waals surface area contributed by atoms with Crippen LogP contribution in [0.2, 0.25) is 0 Å². The highest BCUT2D eigenvalue weighted by Crippen LogP contribution is 2.38. The Kier molecular flexibility index (Phi) is 4.67. The van der Waals surface area contributed by atoms with Crippen LogP contribution in [0.1, 0.15) is 37.9 Å². The molecule has 3 heterocycles. The third-order valence-electron chi connectivity index (χ3n) is 5.08. The van der Waals surface area contributed by atoms with Crippen LogP contribution in [0.4, 0.5) is 11.5 Å². The molecule has 2 atom stereocenters. The molecular formula is C18H24N6O2. The summed E-state index contributed by atoms with van der Waals surface area (Å²) in [6.45, 7) is 6.33. The highest BCUT2D eigenvalue weighted by Gasteiger charge is 2.44. The summed E-state index contributed by atoms with van der Waals surface area (Å²) in [6, 6.07) is 3.54. The molecule has 0 aliphatic carbocycles. The fourth-order valence-electron chi connectivity index (χ4n) is 3.36. The summed E-state index contributed by atoms with van der Waals surface area (Å²) < 4.78 is 0. The predicted octanol–water partition coefficient (Wildman–Crippen LogP) is 1.81. The summed E-state index contributed by atoms with van der Waals surface area (Å²) in [6.07, 6.45) is 4.89. The van der Waals surface area contributed by atoms with Crippen LogP contribution in [-0.2, 0) is 15.1 Å². The number of hydrogen-bond donors (Lipinski definition) is 3. The maximum Gasteiger partial charge on any atom is 0.313 e. The van der Waals surface area contributed by atoms with E-state index < -0.39 is 17.4 Å². The first-order valence-electron chi connectivity index (χ1n) is 8.66. The third kappa shape index (κ3) is 3.26. The molecule has 138 valence electrons. The fourth-order valence-corrected chi connectivity index (χ4v) is 3.36. The topological polar surface area (TPSA) is 117 Å².